The fourth-order valence-corrected chi connectivity index (χ4v) is 2.47. The van der Waals surface area contributed by atoms with Gasteiger partial charge in [-0.05, 0) is 47.5 Å². The van der Waals surface area contributed by atoms with Crippen molar-refractivity contribution in [2.45, 2.75) is 27.1 Å². The van der Waals surface area contributed by atoms with Crippen LogP contribution in [0.15, 0.2) is 22.7 Å². The molecule has 0 aliphatic rings. The monoisotopic (exact) mass is 354 g/mol. The van der Waals surface area contributed by atoms with Crippen LogP contribution in [0.1, 0.15) is 23.9 Å². The van der Waals surface area contributed by atoms with Crippen LogP contribution in [0.2, 0.25) is 0 Å². The molecule has 2 aromatic rings. The van der Waals surface area contributed by atoms with Gasteiger partial charge in [-0.15, -0.1) is 0 Å². The second-order valence-electron chi connectivity index (χ2n) is 4.63. The molecule has 0 saturated heterocycles. The minimum Gasteiger partial charge on any atom is -0.490 e. The normalized spacial score (nSPS) is 10.7. The average molecular weight is 355 g/mol. The van der Waals surface area contributed by atoms with Gasteiger partial charge in [0.15, 0.2) is 11.5 Å². The van der Waals surface area contributed by atoms with Gasteiger partial charge in [0.2, 0.25) is 0 Å². The van der Waals surface area contributed by atoms with Gasteiger partial charge >= 0.3 is 0 Å². The lowest BCUT2D eigenvalue weighted by atomic mass is 10.2. The Balaban J connectivity index is 2.19. The number of aromatic nitrogens is 2. The molecule has 0 saturated carbocycles. The van der Waals surface area contributed by atoms with Crippen LogP contribution in [-0.4, -0.2) is 21.5 Å². The molecule has 0 spiro atoms. The summed E-state index contributed by atoms with van der Waals surface area (Å²) < 4.78 is 14.2. The van der Waals surface area contributed by atoms with Crippen LogP contribution in [0.3, 0.4) is 0 Å². The minimum absolute atomic E-state index is 0.0210. The molecular formula is C15H19BrN2O3. The predicted molar refractivity (Wildman–Crippen MR) is 83.5 cm³/mol. The van der Waals surface area contributed by atoms with Crippen molar-refractivity contribution in [2.75, 3.05) is 6.61 Å². The van der Waals surface area contributed by atoms with Gasteiger partial charge in [-0.2, -0.15) is 5.10 Å². The number of aliphatic hydroxyl groups is 1. The van der Waals surface area contributed by atoms with Crippen molar-refractivity contribution >= 4 is 15.9 Å². The lowest BCUT2D eigenvalue weighted by molar-refractivity contribution is 0.258. The number of hydrogen-bond donors (Lipinski definition) is 1. The van der Waals surface area contributed by atoms with Gasteiger partial charge in [-0.25, -0.2) is 0 Å². The second-order valence-corrected chi connectivity index (χ2v) is 5.42. The maximum atomic E-state index is 9.19. The topological polar surface area (TPSA) is 56.5 Å². The van der Waals surface area contributed by atoms with Crippen LogP contribution in [-0.2, 0) is 20.3 Å². The second kappa shape index (κ2) is 6.95. The van der Waals surface area contributed by atoms with Crippen LogP contribution in [0.25, 0.3) is 0 Å². The molecule has 0 atom stereocenters. The Morgan fingerprint density at radius 2 is 2.05 bits per heavy atom. The third-order valence-electron chi connectivity index (χ3n) is 3.12. The summed E-state index contributed by atoms with van der Waals surface area (Å²) in [4.78, 5) is 0. The molecule has 1 aromatic carbocycles. The molecule has 6 heteroatoms. The van der Waals surface area contributed by atoms with Gasteiger partial charge in [0.05, 0.1) is 29.1 Å². The van der Waals surface area contributed by atoms with Crippen molar-refractivity contribution in [3.8, 4) is 11.5 Å². The van der Waals surface area contributed by atoms with E-state index in [1.165, 1.54) is 0 Å². The SMILES string of the molecule is CCOc1cc(CO)ccc1OCc1c(Br)c(C)nn1C. The van der Waals surface area contributed by atoms with Crippen molar-refractivity contribution < 1.29 is 14.6 Å². The molecule has 0 aliphatic heterocycles. The highest BCUT2D eigenvalue weighted by molar-refractivity contribution is 9.10. The van der Waals surface area contributed by atoms with Crippen molar-refractivity contribution in [1.29, 1.82) is 0 Å². The van der Waals surface area contributed by atoms with Gasteiger partial charge < -0.3 is 14.6 Å². The predicted octanol–water partition coefficient (Wildman–Crippen LogP) is 2.96. The van der Waals surface area contributed by atoms with Gasteiger partial charge in [-0.3, -0.25) is 4.68 Å². The largest absolute Gasteiger partial charge is 0.490 e. The molecule has 0 bridgehead atoms. The summed E-state index contributed by atoms with van der Waals surface area (Å²) >= 11 is 3.52. The van der Waals surface area contributed by atoms with E-state index in [4.69, 9.17) is 9.47 Å². The summed E-state index contributed by atoms with van der Waals surface area (Å²) in [7, 11) is 1.88. The van der Waals surface area contributed by atoms with Crippen LogP contribution in [0.5, 0.6) is 11.5 Å². The molecule has 5 nitrogen and oxygen atoms in total. The Bertz CT molecular complexity index is 626. The molecule has 2 rings (SSSR count). The number of nitrogens with zero attached hydrogens (tertiary/aromatic N) is 2. The number of aryl methyl sites for hydroxylation is 2. The first-order valence-corrected chi connectivity index (χ1v) is 7.53. The number of benzene rings is 1. The Morgan fingerprint density at radius 3 is 2.62 bits per heavy atom. The van der Waals surface area contributed by atoms with E-state index in [1.54, 1.807) is 10.7 Å². The van der Waals surface area contributed by atoms with E-state index >= 15 is 0 Å². The maximum Gasteiger partial charge on any atom is 0.161 e. The molecular weight excluding hydrogens is 336 g/mol. The zero-order valence-corrected chi connectivity index (χ0v) is 14.0. The lowest BCUT2D eigenvalue weighted by Gasteiger charge is -2.13. The van der Waals surface area contributed by atoms with Crippen LogP contribution < -0.4 is 9.47 Å². The summed E-state index contributed by atoms with van der Waals surface area (Å²) in [5, 5.41) is 13.5. The van der Waals surface area contributed by atoms with E-state index < -0.39 is 0 Å². The number of hydrogen-bond acceptors (Lipinski definition) is 4. The maximum absolute atomic E-state index is 9.19. The van der Waals surface area contributed by atoms with E-state index in [0.29, 0.717) is 24.7 Å². The molecule has 0 aliphatic carbocycles. The van der Waals surface area contributed by atoms with E-state index in [-0.39, 0.29) is 6.61 Å². The number of ether oxygens (including phenoxy) is 2. The Kier molecular flexibility index (Phi) is 5.25. The third-order valence-corrected chi connectivity index (χ3v) is 4.15. The number of halogens is 1. The molecule has 1 N–H and O–H groups in total. The van der Waals surface area contributed by atoms with E-state index in [9.17, 15) is 5.11 Å². The molecule has 0 unspecified atom stereocenters. The first kappa shape index (κ1) is 15.9. The first-order chi connectivity index (χ1) is 10.1. The van der Waals surface area contributed by atoms with Gasteiger partial charge in [0, 0.05) is 7.05 Å². The number of rotatable bonds is 6. The molecule has 1 aromatic heterocycles. The molecule has 0 fully saturated rings. The van der Waals surface area contributed by atoms with Crippen molar-refractivity contribution in [3.63, 3.8) is 0 Å². The highest BCUT2D eigenvalue weighted by Gasteiger charge is 2.13. The smallest absolute Gasteiger partial charge is 0.161 e. The lowest BCUT2D eigenvalue weighted by Crippen LogP contribution is -2.05. The van der Waals surface area contributed by atoms with E-state index in [2.05, 4.69) is 21.0 Å². The number of aliphatic hydroxyl groups excluding tert-OH is 1. The van der Waals surface area contributed by atoms with Gasteiger partial charge in [0.25, 0.3) is 0 Å². The minimum atomic E-state index is -0.0210. The quantitative estimate of drug-likeness (QED) is 0.866. The van der Waals surface area contributed by atoms with E-state index in [0.717, 1.165) is 21.4 Å². The van der Waals surface area contributed by atoms with Crippen LogP contribution in [0, 0.1) is 6.92 Å². The summed E-state index contributed by atoms with van der Waals surface area (Å²) in [6.45, 7) is 4.76. The zero-order valence-electron chi connectivity index (χ0n) is 12.4. The van der Waals surface area contributed by atoms with Crippen molar-refractivity contribution in [1.82, 2.24) is 9.78 Å². The molecule has 114 valence electrons. The Morgan fingerprint density at radius 1 is 1.29 bits per heavy atom. The Labute approximate surface area is 132 Å². The first-order valence-electron chi connectivity index (χ1n) is 6.74. The van der Waals surface area contributed by atoms with Crippen LogP contribution in [0.4, 0.5) is 0 Å². The molecule has 1 heterocycles. The van der Waals surface area contributed by atoms with Gasteiger partial charge in [-0.1, -0.05) is 6.07 Å². The van der Waals surface area contributed by atoms with Crippen LogP contribution >= 0.6 is 15.9 Å². The molecule has 21 heavy (non-hydrogen) atoms. The standard InChI is InChI=1S/C15H19BrN2O3/c1-4-20-14-7-11(8-19)5-6-13(14)21-9-12-15(16)10(2)17-18(12)3/h5-7,19H,4,8-9H2,1-3H3. The molecule has 0 radical (unpaired) electrons. The highest BCUT2D eigenvalue weighted by atomic mass is 79.9. The fourth-order valence-electron chi connectivity index (χ4n) is 2.02. The summed E-state index contributed by atoms with van der Waals surface area (Å²) in [5.74, 6) is 1.29. The Hall–Kier alpha value is -1.53. The third kappa shape index (κ3) is 3.57. The van der Waals surface area contributed by atoms with Gasteiger partial charge in [0.1, 0.15) is 6.61 Å². The van der Waals surface area contributed by atoms with Crippen molar-refractivity contribution in [2.24, 2.45) is 7.05 Å². The van der Waals surface area contributed by atoms with E-state index in [1.807, 2.05) is 33.0 Å². The summed E-state index contributed by atoms with van der Waals surface area (Å²) in [6.07, 6.45) is 0. The highest BCUT2D eigenvalue weighted by Crippen LogP contribution is 2.30. The molecule has 0 amide bonds. The zero-order chi connectivity index (χ0) is 15.4. The summed E-state index contributed by atoms with van der Waals surface area (Å²) in [5.41, 5.74) is 2.68. The fraction of sp³-hybridized carbons (Fsp3) is 0.400. The van der Waals surface area contributed by atoms with Crippen molar-refractivity contribution in [3.05, 3.63) is 39.6 Å². The average Bonchev–Trinajstić information content (AvgIpc) is 2.71. The summed E-state index contributed by atoms with van der Waals surface area (Å²) in [6, 6.07) is 5.43.